The summed E-state index contributed by atoms with van der Waals surface area (Å²) in [6.07, 6.45) is 2.72. The summed E-state index contributed by atoms with van der Waals surface area (Å²) in [6.45, 7) is 5.11. The summed E-state index contributed by atoms with van der Waals surface area (Å²) >= 11 is 0. The van der Waals surface area contributed by atoms with Gasteiger partial charge in [0.2, 0.25) is 0 Å². The average molecular weight is 142 g/mol. The van der Waals surface area contributed by atoms with Crippen LogP contribution >= 0.6 is 0 Å². The lowest BCUT2D eigenvalue weighted by Crippen LogP contribution is -2.38. The van der Waals surface area contributed by atoms with E-state index in [1.165, 1.54) is 6.42 Å². The van der Waals surface area contributed by atoms with Gasteiger partial charge in [0.25, 0.3) is 0 Å². The molecule has 3 unspecified atom stereocenters. The van der Waals surface area contributed by atoms with Gasteiger partial charge in [0, 0.05) is 12.3 Å². The molecule has 0 aromatic carbocycles. The number of fused-ring (bicyclic) bond motifs is 2. The number of hydrogen-bond donors (Lipinski definition) is 0. The highest BCUT2D eigenvalue weighted by atomic mass is 16.7. The van der Waals surface area contributed by atoms with Crippen LogP contribution in [0.15, 0.2) is 0 Å². The third-order valence-electron chi connectivity index (χ3n) is 2.57. The zero-order valence-electron chi connectivity index (χ0n) is 6.59. The standard InChI is InChI=1S/C8H14O2/c1-6-5-9-8(2)4-3-7(6)10-8/h6-7H,3-5H2,1-2H3. The van der Waals surface area contributed by atoms with Crippen molar-refractivity contribution in [2.45, 2.75) is 38.6 Å². The zero-order chi connectivity index (χ0) is 7.19. The SMILES string of the molecule is CC1COC2(C)CCC1O2. The zero-order valence-corrected chi connectivity index (χ0v) is 6.59. The first-order chi connectivity index (χ1) is 4.70. The van der Waals surface area contributed by atoms with E-state index in [0.29, 0.717) is 12.0 Å². The molecule has 2 saturated heterocycles. The molecule has 2 heterocycles. The lowest BCUT2D eigenvalue weighted by Gasteiger charge is -2.33. The van der Waals surface area contributed by atoms with Gasteiger partial charge in [0.1, 0.15) is 0 Å². The van der Waals surface area contributed by atoms with Crippen molar-refractivity contribution in [3.8, 4) is 0 Å². The largest absolute Gasteiger partial charge is 0.350 e. The van der Waals surface area contributed by atoms with E-state index in [1.807, 2.05) is 6.92 Å². The predicted octanol–water partition coefficient (Wildman–Crippen LogP) is 1.55. The van der Waals surface area contributed by atoms with Crippen LogP contribution in [0, 0.1) is 5.92 Å². The lowest BCUT2D eigenvalue weighted by molar-refractivity contribution is -0.264. The van der Waals surface area contributed by atoms with Crippen molar-refractivity contribution >= 4 is 0 Å². The van der Waals surface area contributed by atoms with Crippen molar-refractivity contribution in [2.75, 3.05) is 6.61 Å². The van der Waals surface area contributed by atoms with Gasteiger partial charge < -0.3 is 9.47 Å². The van der Waals surface area contributed by atoms with Crippen molar-refractivity contribution in [1.29, 1.82) is 0 Å². The molecule has 0 aromatic heterocycles. The van der Waals surface area contributed by atoms with Gasteiger partial charge in [0.05, 0.1) is 12.7 Å². The van der Waals surface area contributed by atoms with E-state index in [1.54, 1.807) is 0 Å². The van der Waals surface area contributed by atoms with Crippen molar-refractivity contribution in [3.05, 3.63) is 0 Å². The van der Waals surface area contributed by atoms with Gasteiger partial charge in [0.15, 0.2) is 5.79 Å². The van der Waals surface area contributed by atoms with Crippen molar-refractivity contribution in [2.24, 2.45) is 5.92 Å². The molecule has 0 spiro atoms. The van der Waals surface area contributed by atoms with Crippen LogP contribution in [-0.2, 0) is 9.47 Å². The minimum absolute atomic E-state index is 0.225. The normalized spacial score (nSPS) is 53.4. The fourth-order valence-electron chi connectivity index (χ4n) is 1.76. The molecule has 2 heteroatoms. The number of ether oxygens (including phenoxy) is 2. The minimum atomic E-state index is -0.225. The Labute approximate surface area is 61.5 Å². The molecule has 0 N–H and O–H groups in total. The maximum atomic E-state index is 5.67. The summed E-state index contributed by atoms with van der Waals surface area (Å²) in [5, 5.41) is 0. The van der Waals surface area contributed by atoms with Gasteiger partial charge in [-0.15, -0.1) is 0 Å². The lowest BCUT2D eigenvalue weighted by atomic mass is 10.0. The van der Waals surface area contributed by atoms with Gasteiger partial charge in [-0.25, -0.2) is 0 Å². The highest BCUT2D eigenvalue weighted by Gasteiger charge is 2.43. The first-order valence-corrected chi connectivity index (χ1v) is 4.01. The van der Waals surface area contributed by atoms with E-state index < -0.39 is 0 Å². The smallest absolute Gasteiger partial charge is 0.166 e. The van der Waals surface area contributed by atoms with Crippen LogP contribution in [0.1, 0.15) is 26.7 Å². The molecule has 0 aliphatic carbocycles. The molecule has 2 rings (SSSR count). The molecule has 2 aliphatic heterocycles. The van der Waals surface area contributed by atoms with Crippen LogP contribution in [-0.4, -0.2) is 18.5 Å². The molecule has 58 valence electrons. The third kappa shape index (κ3) is 0.867. The minimum Gasteiger partial charge on any atom is -0.350 e. The summed E-state index contributed by atoms with van der Waals surface area (Å²) in [5.41, 5.74) is 0. The fraction of sp³-hybridized carbons (Fsp3) is 1.00. The molecule has 0 aromatic rings. The van der Waals surface area contributed by atoms with Crippen LogP contribution in [0.5, 0.6) is 0 Å². The van der Waals surface area contributed by atoms with Gasteiger partial charge in [-0.3, -0.25) is 0 Å². The fourth-order valence-corrected chi connectivity index (χ4v) is 1.76. The predicted molar refractivity (Wildman–Crippen MR) is 37.6 cm³/mol. The molecule has 0 radical (unpaired) electrons. The quantitative estimate of drug-likeness (QED) is 0.511. The Hall–Kier alpha value is -0.0800. The summed E-state index contributed by atoms with van der Waals surface area (Å²) in [7, 11) is 0. The van der Waals surface area contributed by atoms with Crippen LogP contribution in [0.25, 0.3) is 0 Å². The molecular formula is C8H14O2. The number of rotatable bonds is 0. The molecule has 2 aliphatic rings. The Bertz CT molecular complexity index is 146. The van der Waals surface area contributed by atoms with Crippen LogP contribution in [0.2, 0.25) is 0 Å². The van der Waals surface area contributed by atoms with Crippen molar-refractivity contribution in [3.63, 3.8) is 0 Å². The second-order valence-electron chi connectivity index (χ2n) is 3.62. The maximum absolute atomic E-state index is 5.67. The Morgan fingerprint density at radius 3 is 3.00 bits per heavy atom. The first kappa shape index (κ1) is 6.62. The van der Waals surface area contributed by atoms with Crippen LogP contribution < -0.4 is 0 Å². The van der Waals surface area contributed by atoms with E-state index >= 15 is 0 Å². The van der Waals surface area contributed by atoms with E-state index in [4.69, 9.17) is 9.47 Å². The van der Waals surface area contributed by atoms with E-state index in [0.717, 1.165) is 13.0 Å². The third-order valence-corrected chi connectivity index (χ3v) is 2.57. The van der Waals surface area contributed by atoms with E-state index in [9.17, 15) is 0 Å². The van der Waals surface area contributed by atoms with Crippen LogP contribution in [0.4, 0.5) is 0 Å². The maximum Gasteiger partial charge on any atom is 0.166 e. The van der Waals surface area contributed by atoms with Gasteiger partial charge in [-0.1, -0.05) is 6.92 Å². The van der Waals surface area contributed by atoms with Gasteiger partial charge in [-0.05, 0) is 13.3 Å². The second-order valence-corrected chi connectivity index (χ2v) is 3.62. The summed E-state index contributed by atoms with van der Waals surface area (Å²) in [5.74, 6) is 0.368. The second kappa shape index (κ2) is 1.95. The molecular weight excluding hydrogens is 128 g/mol. The highest BCUT2D eigenvalue weighted by molar-refractivity contribution is 4.84. The topological polar surface area (TPSA) is 18.5 Å². The first-order valence-electron chi connectivity index (χ1n) is 4.01. The molecule has 0 saturated carbocycles. The van der Waals surface area contributed by atoms with Gasteiger partial charge in [-0.2, -0.15) is 0 Å². The van der Waals surface area contributed by atoms with Crippen LogP contribution in [0.3, 0.4) is 0 Å². The Morgan fingerprint density at radius 2 is 2.30 bits per heavy atom. The summed E-state index contributed by atoms with van der Waals surface area (Å²) < 4.78 is 11.2. The van der Waals surface area contributed by atoms with Crippen molar-refractivity contribution in [1.82, 2.24) is 0 Å². The van der Waals surface area contributed by atoms with E-state index in [2.05, 4.69) is 6.92 Å². The molecule has 3 atom stereocenters. The Kier molecular flexibility index (Phi) is 1.29. The molecule has 10 heavy (non-hydrogen) atoms. The van der Waals surface area contributed by atoms with Crippen molar-refractivity contribution < 1.29 is 9.47 Å². The summed E-state index contributed by atoms with van der Waals surface area (Å²) in [6, 6.07) is 0. The molecule has 2 bridgehead atoms. The highest BCUT2D eigenvalue weighted by Crippen LogP contribution is 2.39. The Balaban J connectivity index is 2.12. The molecule has 2 nitrogen and oxygen atoms in total. The van der Waals surface area contributed by atoms with E-state index in [-0.39, 0.29) is 5.79 Å². The monoisotopic (exact) mass is 142 g/mol. The molecule has 2 fully saturated rings. The number of hydrogen-bond acceptors (Lipinski definition) is 2. The Morgan fingerprint density at radius 1 is 1.50 bits per heavy atom. The molecule has 0 amide bonds. The van der Waals surface area contributed by atoms with Gasteiger partial charge >= 0.3 is 0 Å². The summed E-state index contributed by atoms with van der Waals surface area (Å²) in [4.78, 5) is 0. The average Bonchev–Trinajstić information content (AvgIpc) is 2.23.